The zero-order chi connectivity index (χ0) is 33.3. The van der Waals surface area contributed by atoms with Gasteiger partial charge in [-0.1, -0.05) is 55.5 Å². The molecule has 2 aliphatic rings. The highest BCUT2D eigenvalue weighted by molar-refractivity contribution is 5.96. The van der Waals surface area contributed by atoms with Crippen molar-refractivity contribution in [3.05, 3.63) is 89.0 Å². The number of hydrogen-bond acceptors (Lipinski definition) is 6. The van der Waals surface area contributed by atoms with Gasteiger partial charge in [0, 0.05) is 30.1 Å². The largest absolute Gasteiger partial charge is 0.493 e. The summed E-state index contributed by atoms with van der Waals surface area (Å²) in [5.74, 6) is 0.170. The highest BCUT2D eigenvalue weighted by atomic mass is 19.4. The van der Waals surface area contributed by atoms with E-state index in [0.717, 1.165) is 11.6 Å². The first kappa shape index (κ1) is 33.1. The molecule has 3 aromatic carbocycles. The van der Waals surface area contributed by atoms with E-state index in [1.807, 2.05) is 37.3 Å². The number of rotatable bonds is 9. The van der Waals surface area contributed by atoms with E-state index in [-0.39, 0.29) is 19.0 Å². The zero-order valence-corrected chi connectivity index (χ0v) is 26.5. The van der Waals surface area contributed by atoms with Gasteiger partial charge in [0.2, 0.25) is 11.7 Å². The van der Waals surface area contributed by atoms with Crippen molar-refractivity contribution >= 4 is 11.8 Å². The molecular weight excluding hydrogens is 599 g/mol. The lowest BCUT2D eigenvalue weighted by molar-refractivity contribution is -0.137. The van der Waals surface area contributed by atoms with Crippen molar-refractivity contribution in [3.8, 4) is 17.2 Å². The van der Waals surface area contributed by atoms with Crippen molar-refractivity contribution in [2.75, 3.05) is 47.5 Å². The number of likely N-dealkylation sites (N-methyl/N-ethyl adjacent to an activating group) is 1. The molecule has 8 nitrogen and oxygen atoms in total. The van der Waals surface area contributed by atoms with Crippen molar-refractivity contribution in [1.82, 2.24) is 9.80 Å². The summed E-state index contributed by atoms with van der Waals surface area (Å²) >= 11 is 0. The first-order valence-electron chi connectivity index (χ1n) is 15.3. The van der Waals surface area contributed by atoms with Crippen LogP contribution in [0.1, 0.15) is 53.2 Å². The normalized spacial score (nSPS) is 23.6. The summed E-state index contributed by atoms with van der Waals surface area (Å²) in [7, 11) is 4.39. The number of amides is 2. The van der Waals surface area contributed by atoms with Gasteiger partial charge < -0.3 is 24.8 Å². The molecule has 2 saturated heterocycles. The van der Waals surface area contributed by atoms with Crippen LogP contribution in [0.3, 0.4) is 0 Å². The Bertz CT molecular complexity index is 1560. The van der Waals surface area contributed by atoms with Crippen LogP contribution in [0.4, 0.5) is 13.2 Å². The van der Waals surface area contributed by atoms with Crippen LogP contribution in [0.2, 0.25) is 0 Å². The minimum absolute atomic E-state index is 0.134. The van der Waals surface area contributed by atoms with E-state index in [4.69, 9.17) is 19.9 Å². The highest BCUT2D eigenvalue weighted by Crippen LogP contribution is 2.50. The maximum Gasteiger partial charge on any atom is 0.416 e. The molecule has 0 spiro atoms. The van der Waals surface area contributed by atoms with Gasteiger partial charge in [-0.25, -0.2) is 0 Å². The quantitative estimate of drug-likeness (QED) is 0.336. The molecule has 2 aliphatic heterocycles. The standard InChI is InChI=1S/C35H40F3N3O5/c1-5-40-16-14-33(32(39)43,24-10-7-6-8-11-24)21-29(40)34(25-12-9-13-26(20-25)35(36,37)38)15-17-41(22-34)31(42)23-18-27(44-2)30(46-4)28(19-23)45-3/h6-13,18-20,29H,5,14-17,21-22H2,1-4H3,(H2,39,43). The number of halogens is 3. The number of piperidine rings is 1. The fourth-order valence-electron chi connectivity index (χ4n) is 7.46. The van der Waals surface area contributed by atoms with Gasteiger partial charge in [0.15, 0.2) is 11.5 Å². The number of ether oxygens (including phenoxy) is 3. The fraction of sp³-hybridized carbons (Fsp3) is 0.429. The molecule has 2 amide bonds. The van der Waals surface area contributed by atoms with Crippen LogP contribution in [0, 0.1) is 0 Å². The number of benzene rings is 3. The molecule has 3 atom stereocenters. The molecule has 0 radical (unpaired) electrons. The Morgan fingerprint density at radius 1 is 0.891 bits per heavy atom. The lowest BCUT2D eigenvalue weighted by Crippen LogP contribution is -2.61. The van der Waals surface area contributed by atoms with Crippen molar-refractivity contribution in [2.45, 2.75) is 49.2 Å². The molecule has 0 aliphatic carbocycles. The molecule has 2 heterocycles. The minimum Gasteiger partial charge on any atom is -0.493 e. The number of hydrogen-bond donors (Lipinski definition) is 1. The van der Waals surface area contributed by atoms with Gasteiger partial charge in [0.1, 0.15) is 0 Å². The summed E-state index contributed by atoms with van der Waals surface area (Å²) in [5, 5.41) is 0. The summed E-state index contributed by atoms with van der Waals surface area (Å²) in [4.78, 5) is 31.4. The lowest BCUT2D eigenvalue weighted by atomic mass is 9.61. The molecule has 3 aromatic rings. The predicted molar refractivity (Wildman–Crippen MR) is 167 cm³/mol. The highest BCUT2D eigenvalue weighted by Gasteiger charge is 2.55. The van der Waals surface area contributed by atoms with E-state index in [1.54, 1.807) is 23.1 Å². The molecule has 3 unspecified atom stereocenters. The third-order valence-electron chi connectivity index (χ3n) is 9.92. The van der Waals surface area contributed by atoms with Crippen LogP contribution in [-0.4, -0.2) is 75.2 Å². The van der Waals surface area contributed by atoms with Crippen LogP contribution < -0.4 is 19.9 Å². The van der Waals surface area contributed by atoms with Gasteiger partial charge in [-0.05, 0) is 61.7 Å². The van der Waals surface area contributed by atoms with E-state index < -0.39 is 34.5 Å². The SMILES string of the molecule is CCN1CCC(C(N)=O)(c2ccccc2)CC1C1(c2cccc(C(F)(F)F)c2)CCN(C(=O)c2cc(OC)c(OC)c(OC)c2)C1. The van der Waals surface area contributed by atoms with Crippen molar-refractivity contribution in [3.63, 3.8) is 0 Å². The molecular formula is C35H40F3N3O5. The summed E-state index contributed by atoms with van der Waals surface area (Å²) in [6, 6.07) is 17.5. The molecule has 11 heteroatoms. The molecule has 5 rings (SSSR count). The van der Waals surface area contributed by atoms with Gasteiger partial charge in [0.25, 0.3) is 5.91 Å². The summed E-state index contributed by atoms with van der Waals surface area (Å²) < 4.78 is 58.6. The van der Waals surface area contributed by atoms with E-state index in [0.29, 0.717) is 60.7 Å². The number of likely N-dealkylation sites (tertiary alicyclic amines) is 2. The minimum atomic E-state index is -4.56. The molecule has 2 fully saturated rings. The smallest absolute Gasteiger partial charge is 0.416 e. The van der Waals surface area contributed by atoms with Gasteiger partial charge in [-0.15, -0.1) is 0 Å². The second-order valence-electron chi connectivity index (χ2n) is 12.0. The number of carbonyl (C=O) groups is 2. The van der Waals surface area contributed by atoms with Crippen LogP contribution in [0.5, 0.6) is 17.2 Å². The Morgan fingerprint density at radius 3 is 2.11 bits per heavy atom. The summed E-state index contributed by atoms with van der Waals surface area (Å²) in [6.07, 6.45) is -3.40. The summed E-state index contributed by atoms with van der Waals surface area (Å²) in [6.45, 7) is 3.54. The van der Waals surface area contributed by atoms with Gasteiger partial charge in [-0.2, -0.15) is 13.2 Å². The van der Waals surface area contributed by atoms with Crippen LogP contribution in [0.25, 0.3) is 0 Å². The van der Waals surface area contributed by atoms with Crippen molar-refractivity contribution in [2.24, 2.45) is 5.73 Å². The molecule has 246 valence electrons. The third kappa shape index (κ3) is 5.77. The Kier molecular flexibility index (Phi) is 9.26. The molecule has 0 saturated carbocycles. The number of methoxy groups -OCH3 is 3. The topological polar surface area (TPSA) is 94.3 Å². The molecule has 2 N–H and O–H groups in total. The Balaban J connectivity index is 1.63. The first-order valence-corrected chi connectivity index (χ1v) is 15.3. The van der Waals surface area contributed by atoms with Crippen LogP contribution >= 0.6 is 0 Å². The number of primary amides is 1. The summed E-state index contributed by atoms with van der Waals surface area (Å²) in [5.41, 5.74) is 4.99. The number of nitrogens with zero attached hydrogens (tertiary/aromatic N) is 2. The zero-order valence-electron chi connectivity index (χ0n) is 26.5. The monoisotopic (exact) mass is 639 g/mol. The maximum absolute atomic E-state index is 14.1. The van der Waals surface area contributed by atoms with E-state index in [2.05, 4.69) is 4.90 Å². The van der Waals surface area contributed by atoms with Gasteiger partial charge in [-0.3, -0.25) is 14.5 Å². The van der Waals surface area contributed by atoms with Crippen molar-refractivity contribution in [1.29, 1.82) is 0 Å². The predicted octanol–water partition coefficient (Wildman–Crippen LogP) is 5.42. The Labute approximate surface area is 267 Å². The Morgan fingerprint density at radius 2 is 1.54 bits per heavy atom. The molecule has 0 aromatic heterocycles. The van der Waals surface area contributed by atoms with E-state index in [9.17, 15) is 22.8 Å². The Hall–Kier alpha value is -4.25. The van der Waals surface area contributed by atoms with Crippen LogP contribution in [0.15, 0.2) is 66.7 Å². The van der Waals surface area contributed by atoms with E-state index >= 15 is 0 Å². The average Bonchev–Trinajstić information content (AvgIpc) is 3.53. The third-order valence-corrected chi connectivity index (χ3v) is 9.92. The second kappa shape index (κ2) is 12.9. The fourth-order valence-corrected chi connectivity index (χ4v) is 7.46. The molecule has 0 bridgehead atoms. The van der Waals surface area contributed by atoms with E-state index in [1.165, 1.54) is 33.5 Å². The number of nitrogens with two attached hydrogens (primary N) is 1. The second-order valence-corrected chi connectivity index (χ2v) is 12.0. The van der Waals surface area contributed by atoms with Gasteiger partial charge >= 0.3 is 6.18 Å². The number of alkyl halides is 3. The van der Waals surface area contributed by atoms with Gasteiger partial charge in [0.05, 0.1) is 32.3 Å². The first-order chi connectivity index (χ1) is 21.9. The van der Waals surface area contributed by atoms with Crippen LogP contribution in [-0.2, 0) is 21.8 Å². The maximum atomic E-state index is 14.1. The molecule has 46 heavy (non-hydrogen) atoms. The lowest BCUT2D eigenvalue weighted by Gasteiger charge is -2.52. The number of carbonyl (C=O) groups excluding carboxylic acids is 2. The van der Waals surface area contributed by atoms with Crippen molar-refractivity contribution < 1.29 is 37.0 Å². The average molecular weight is 640 g/mol.